The van der Waals surface area contributed by atoms with Gasteiger partial charge in [-0.1, -0.05) is 11.6 Å². The smallest absolute Gasteiger partial charge is 0.255 e. The molecule has 0 radical (unpaired) electrons. The molecule has 1 amide bonds. The number of aromatic nitrogens is 1. The molecule has 0 spiro atoms. The number of amides is 1. The Labute approximate surface area is 130 Å². The van der Waals surface area contributed by atoms with E-state index in [-0.39, 0.29) is 5.91 Å². The van der Waals surface area contributed by atoms with Crippen molar-refractivity contribution in [3.8, 4) is 0 Å². The molecular formula is C15H21ClN4O. The number of anilines is 1. The molecule has 5 nitrogen and oxygen atoms in total. The summed E-state index contributed by atoms with van der Waals surface area (Å²) in [6.45, 7) is 6.28. The molecule has 0 atom stereocenters. The summed E-state index contributed by atoms with van der Waals surface area (Å²) in [7, 11) is 0. The summed E-state index contributed by atoms with van der Waals surface area (Å²) in [4.78, 5) is 21.1. The molecular weight excluding hydrogens is 288 g/mol. The van der Waals surface area contributed by atoms with Gasteiger partial charge in [0, 0.05) is 45.0 Å². The topological polar surface area (TPSA) is 48.5 Å². The predicted molar refractivity (Wildman–Crippen MR) is 83.9 cm³/mol. The third-order valence-corrected chi connectivity index (χ3v) is 4.39. The number of piperazine rings is 1. The zero-order valence-corrected chi connectivity index (χ0v) is 13.1. The fourth-order valence-corrected chi connectivity index (χ4v) is 3.00. The molecule has 1 aliphatic carbocycles. The predicted octanol–water partition coefficient (Wildman–Crippen LogP) is 2.09. The lowest BCUT2D eigenvalue weighted by molar-refractivity contribution is 0.0627. The normalized spacial score (nSPS) is 19.6. The number of pyridine rings is 1. The van der Waals surface area contributed by atoms with Crippen LogP contribution in [0.1, 0.15) is 30.1 Å². The molecule has 1 aliphatic heterocycles. The maximum atomic E-state index is 12.5. The van der Waals surface area contributed by atoms with Gasteiger partial charge in [-0.2, -0.15) is 0 Å². The minimum absolute atomic E-state index is 0.0305. The van der Waals surface area contributed by atoms with Crippen LogP contribution in [-0.4, -0.2) is 59.5 Å². The van der Waals surface area contributed by atoms with Crippen molar-refractivity contribution in [1.82, 2.24) is 14.8 Å². The van der Waals surface area contributed by atoms with Gasteiger partial charge in [0.2, 0.25) is 0 Å². The molecule has 1 saturated carbocycles. The van der Waals surface area contributed by atoms with Gasteiger partial charge in [-0.25, -0.2) is 4.98 Å². The molecule has 2 heterocycles. The molecule has 1 aromatic rings. The van der Waals surface area contributed by atoms with E-state index in [9.17, 15) is 4.79 Å². The average molecular weight is 309 g/mol. The summed E-state index contributed by atoms with van der Waals surface area (Å²) >= 11 is 6.16. The van der Waals surface area contributed by atoms with Crippen molar-refractivity contribution >= 4 is 23.3 Å². The molecule has 21 heavy (non-hydrogen) atoms. The van der Waals surface area contributed by atoms with Gasteiger partial charge in [0.1, 0.15) is 5.82 Å². The van der Waals surface area contributed by atoms with E-state index < -0.39 is 0 Å². The van der Waals surface area contributed by atoms with E-state index in [1.165, 1.54) is 12.8 Å². The van der Waals surface area contributed by atoms with E-state index in [2.05, 4.69) is 15.2 Å². The monoisotopic (exact) mass is 308 g/mol. The molecule has 1 N–H and O–H groups in total. The Morgan fingerprint density at radius 2 is 2.10 bits per heavy atom. The zero-order valence-electron chi connectivity index (χ0n) is 12.3. The molecule has 2 fully saturated rings. The third kappa shape index (κ3) is 3.30. The minimum atomic E-state index is 0.0305. The van der Waals surface area contributed by atoms with Crippen molar-refractivity contribution in [3.05, 3.63) is 22.8 Å². The third-order valence-electron chi connectivity index (χ3n) is 4.10. The van der Waals surface area contributed by atoms with Gasteiger partial charge in [0.15, 0.2) is 0 Å². The summed E-state index contributed by atoms with van der Waals surface area (Å²) in [6, 6.07) is 2.49. The molecule has 2 aliphatic rings. The van der Waals surface area contributed by atoms with Crippen molar-refractivity contribution in [3.63, 3.8) is 0 Å². The van der Waals surface area contributed by atoms with Crippen LogP contribution < -0.4 is 5.32 Å². The molecule has 1 saturated heterocycles. The van der Waals surface area contributed by atoms with Crippen molar-refractivity contribution in [2.45, 2.75) is 25.8 Å². The first-order valence-electron chi connectivity index (χ1n) is 7.61. The summed E-state index contributed by atoms with van der Waals surface area (Å²) in [5.74, 6) is 0.664. The lowest BCUT2D eigenvalue weighted by Gasteiger charge is -2.34. The van der Waals surface area contributed by atoms with Gasteiger partial charge in [-0.15, -0.1) is 0 Å². The van der Waals surface area contributed by atoms with Gasteiger partial charge >= 0.3 is 0 Å². The molecule has 6 heteroatoms. The molecule has 0 unspecified atom stereocenters. The van der Waals surface area contributed by atoms with Gasteiger partial charge in [-0.3, -0.25) is 9.69 Å². The minimum Gasteiger partial charge on any atom is -0.369 e. The highest BCUT2D eigenvalue weighted by molar-refractivity contribution is 6.33. The fraction of sp³-hybridized carbons (Fsp3) is 0.600. The van der Waals surface area contributed by atoms with Crippen molar-refractivity contribution in [2.75, 3.05) is 38.0 Å². The van der Waals surface area contributed by atoms with Crippen LogP contribution in [0.4, 0.5) is 5.82 Å². The van der Waals surface area contributed by atoms with Gasteiger partial charge in [0.05, 0.1) is 10.6 Å². The van der Waals surface area contributed by atoms with E-state index in [0.717, 1.165) is 38.8 Å². The van der Waals surface area contributed by atoms with Crippen molar-refractivity contribution in [1.29, 1.82) is 0 Å². The zero-order chi connectivity index (χ0) is 14.8. The number of hydrogen-bond donors (Lipinski definition) is 1. The van der Waals surface area contributed by atoms with Gasteiger partial charge in [-0.05, 0) is 25.8 Å². The van der Waals surface area contributed by atoms with E-state index in [1.54, 1.807) is 12.3 Å². The highest BCUT2D eigenvalue weighted by atomic mass is 35.5. The molecule has 114 valence electrons. The van der Waals surface area contributed by atoms with Crippen LogP contribution in [0.3, 0.4) is 0 Å². The number of halogens is 1. The highest BCUT2D eigenvalue weighted by Crippen LogP contribution is 2.28. The Hall–Kier alpha value is -1.33. The number of hydrogen-bond acceptors (Lipinski definition) is 4. The first kappa shape index (κ1) is 14.6. The van der Waals surface area contributed by atoms with Crippen molar-refractivity contribution in [2.24, 2.45) is 0 Å². The second-order valence-electron chi connectivity index (χ2n) is 5.64. The second kappa shape index (κ2) is 6.20. The van der Waals surface area contributed by atoms with Crippen LogP contribution in [0.2, 0.25) is 5.02 Å². The maximum absolute atomic E-state index is 12.5. The molecule has 1 aromatic heterocycles. The largest absolute Gasteiger partial charge is 0.369 e. The molecule has 0 bridgehead atoms. The highest BCUT2D eigenvalue weighted by Gasteiger charge is 2.32. The Morgan fingerprint density at radius 1 is 1.38 bits per heavy atom. The molecule has 3 rings (SSSR count). The Bertz CT molecular complexity index is 524. The molecule has 0 aromatic carbocycles. The first-order chi connectivity index (χ1) is 10.2. The Balaban J connectivity index is 1.63. The van der Waals surface area contributed by atoms with Gasteiger partial charge < -0.3 is 10.2 Å². The summed E-state index contributed by atoms with van der Waals surface area (Å²) in [6.07, 6.45) is 4.25. The van der Waals surface area contributed by atoms with E-state index in [1.807, 2.05) is 11.8 Å². The Morgan fingerprint density at radius 3 is 2.67 bits per heavy atom. The quantitative estimate of drug-likeness (QED) is 0.925. The van der Waals surface area contributed by atoms with Gasteiger partial charge in [0.25, 0.3) is 5.91 Å². The van der Waals surface area contributed by atoms with Crippen LogP contribution in [-0.2, 0) is 0 Å². The van der Waals surface area contributed by atoms with Crippen LogP contribution in [0.15, 0.2) is 12.3 Å². The number of nitrogens with one attached hydrogen (secondary N) is 1. The second-order valence-corrected chi connectivity index (χ2v) is 6.05. The number of nitrogens with zero attached hydrogens (tertiary/aromatic N) is 3. The van der Waals surface area contributed by atoms with Crippen LogP contribution in [0.5, 0.6) is 0 Å². The first-order valence-corrected chi connectivity index (χ1v) is 7.99. The summed E-state index contributed by atoms with van der Waals surface area (Å²) in [5, 5.41) is 3.57. The average Bonchev–Trinajstić information content (AvgIpc) is 3.34. The lowest BCUT2D eigenvalue weighted by atomic mass is 10.2. The Kier molecular flexibility index (Phi) is 4.31. The fourth-order valence-electron chi connectivity index (χ4n) is 2.76. The standard InChI is InChI=1S/C15H21ClN4O/c1-2-17-14-13(16)9-11(10-18-14)15(21)20-7-5-19(6-8-20)12-3-4-12/h9-10,12H,2-8H2,1H3,(H,17,18). The number of carbonyl (C=O) groups is 1. The van der Waals surface area contributed by atoms with Crippen LogP contribution in [0.25, 0.3) is 0 Å². The van der Waals surface area contributed by atoms with Crippen LogP contribution in [0, 0.1) is 0 Å². The van der Waals surface area contributed by atoms with Crippen LogP contribution >= 0.6 is 11.6 Å². The maximum Gasteiger partial charge on any atom is 0.255 e. The van der Waals surface area contributed by atoms with E-state index >= 15 is 0 Å². The SMILES string of the molecule is CCNc1ncc(C(=O)N2CCN(C3CC3)CC2)cc1Cl. The van der Waals surface area contributed by atoms with E-state index in [4.69, 9.17) is 11.6 Å². The lowest BCUT2D eigenvalue weighted by Crippen LogP contribution is -2.49. The summed E-state index contributed by atoms with van der Waals surface area (Å²) < 4.78 is 0. The number of rotatable bonds is 4. The number of carbonyl (C=O) groups excluding carboxylic acids is 1. The van der Waals surface area contributed by atoms with E-state index in [0.29, 0.717) is 16.4 Å². The van der Waals surface area contributed by atoms with Crippen molar-refractivity contribution < 1.29 is 4.79 Å². The summed E-state index contributed by atoms with van der Waals surface area (Å²) in [5.41, 5.74) is 0.571.